The van der Waals surface area contributed by atoms with Crippen molar-refractivity contribution in [2.75, 3.05) is 12.4 Å². The van der Waals surface area contributed by atoms with E-state index in [1.807, 2.05) is 0 Å². The van der Waals surface area contributed by atoms with Crippen molar-refractivity contribution >= 4 is 10.1 Å². The Kier molecular flexibility index (Phi) is 17.7. The van der Waals surface area contributed by atoms with Gasteiger partial charge in [-0.2, -0.15) is 8.42 Å². The molecule has 0 bridgehead atoms. The summed E-state index contributed by atoms with van der Waals surface area (Å²) in [6.45, 7) is 4.81. The van der Waals surface area contributed by atoms with Gasteiger partial charge in [-0.1, -0.05) is 104 Å². The number of rotatable bonds is 19. The zero-order valence-corrected chi connectivity index (χ0v) is 17.2. The van der Waals surface area contributed by atoms with Crippen LogP contribution < -0.4 is 0 Å². The standard InChI is InChI=1S/C20H42O3S/c1-3-5-7-9-11-12-13-15-17-19-23-24(21,22)20-18-16-14-10-8-6-4-2/h3-20H2,1-2H3. The Morgan fingerprint density at radius 1 is 0.542 bits per heavy atom. The fourth-order valence-electron chi connectivity index (χ4n) is 2.89. The van der Waals surface area contributed by atoms with E-state index in [1.165, 1.54) is 70.6 Å². The zero-order valence-electron chi connectivity index (χ0n) is 16.4. The molecular formula is C20H42O3S. The Morgan fingerprint density at radius 2 is 0.917 bits per heavy atom. The molecule has 0 radical (unpaired) electrons. The lowest BCUT2D eigenvalue weighted by Gasteiger charge is -2.06. The monoisotopic (exact) mass is 362 g/mol. The SMILES string of the molecule is CCCCCCCCCCCOS(=O)(=O)CCCCCCCCC. The van der Waals surface area contributed by atoms with Crippen LogP contribution in [0.3, 0.4) is 0 Å². The molecule has 4 heteroatoms. The first kappa shape index (κ1) is 23.9. The minimum Gasteiger partial charge on any atom is -0.270 e. The highest BCUT2D eigenvalue weighted by Gasteiger charge is 2.10. The summed E-state index contributed by atoms with van der Waals surface area (Å²) in [6.07, 6.45) is 19.0. The van der Waals surface area contributed by atoms with Gasteiger partial charge in [-0.3, -0.25) is 4.18 Å². The molecule has 0 unspecified atom stereocenters. The lowest BCUT2D eigenvalue weighted by atomic mass is 10.1. The fraction of sp³-hybridized carbons (Fsp3) is 1.00. The van der Waals surface area contributed by atoms with Crippen molar-refractivity contribution in [2.45, 2.75) is 117 Å². The molecule has 0 rings (SSSR count). The zero-order chi connectivity index (χ0) is 17.9. The fourth-order valence-corrected chi connectivity index (χ4v) is 3.94. The maximum absolute atomic E-state index is 11.8. The lowest BCUT2D eigenvalue weighted by Crippen LogP contribution is -2.11. The van der Waals surface area contributed by atoms with E-state index in [4.69, 9.17) is 4.18 Å². The molecule has 146 valence electrons. The molecule has 0 aliphatic carbocycles. The van der Waals surface area contributed by atoms with Gasteiger partial charge in [0.05, 0.1) is 12.4 Å². The van der Waals surface area contributed by atoms with Crippen LogP contribution >= 0.6 is 0 Å². The third-order valence-corrected chi connectivity index (χ3v) is 5.82. The summed E-state index contributed by atoms with van der Waals surface area (Å²) >= 11 is 0. The second-order valence-electron chi connectivity index (χ2n) is 7.03. The van der Waals surface area contributed by atoms with E-state index in [-0.39, 0.29) is 5.75 Å². The topological polar surface area (TPSA) is 43.4 Å². The van der Waals surface area contributed by atoms with Gasteiger partial charge in [0.1, 0.15) is 0 Å². The molecule has 0 aromatic heterocycles. The summed E-state index contributed by atoms with van der Waals surface area (Å²) < 4.78 is 28.7. The van der Waals surface area contributed by atoms with Crippen molar-refractivity contribution in [3.8, 4) is 0 Å². The molecule has 0 aromatic rings. The molecule has 0 aromatic carbocycles. The molecule has 0 aliphatic heterocycles. The van der Waals surface area contributed by atoms with Crippen molar-refractivity contribution in [3.05, 3.63) is 0 Å². The van der Waals surface area contributed by atoms with Crippen molar-refractivity contribution in [3.63, 3.8) is 0 Å². The molecule has 0 saturated carbocycles. The average molecular weight is 363 g/mol. The third-order valence-electron chi connectivity index (χ3n) is 4.51. The van der Waals surface area contributed by atoms with Gasteiger partial charge in [0.25, 0.3) is 10.1 Å². The highest BCUT2D eigenvalue weighted by atomic mass is 32.2. The smallest absolute Gasteiger partial charge is 0.267 e. The van der Waals surface area contributed by atoms with Crippen LogP contribution in [0.5, 0.6) is 0 Å². The van der Waals surface area contributed by atoms with Crippen LogP contribution in [0.4, 0.5) is 0 Å². The van der Waals surface area contributed by atoms with Gasteiger partial charge in [0, 0.05) is 0 Å². The van der Waals surface area contributed by atoms with E-state index < -0.39 is 10.1 Å². The van der Waals surface area contributed by atoms with Gasteiger partial charge < -0.3 is 0 Å². The van der Waals surface area contributed by atoms with Crippen LogP contribution in [-0.2, 0) is 14.3 Å². The summed E-state index contributed by atoms with van der Waals surface area (Å²) in [5.74, 6) is 0.193. The summed E-state index contributed by atoms with van der Waals surface area (Å²) in [7, 11) is -3.29. The first-order chi connectivity index (χ1) is 11.6. The molecule has 24 heavy (non-hydrogen) atoms. The Labute approximate surface area is 152 Å². The maximum atomic E-state index is 11.8. The van der Waals surface area contributed by atoms with Gasteiger partial charge in [-0.25, -0.2) is 0 Å². The van der Waals surface area contributed by atoms with Gasteiger partial charge in [0.2, 0.25) is 0 Å². The summed E-state index contributed by atoms with van der Waals surface area (Å²) in [5.41, 5.74) is 0. The molecule has 3 nitrogen and oxygen atoms in total. The van der Waals surface area contributed by atoms with Gasteiger partial charge in [-0.05, 0) is 12.8 Å². The van der Waals surface area contributed by atoms with Crippen LogP contribution in [0, 0.1) is 0 Å². The molecular weight excluding hydrogens is 320 g/mol. The Morgan fingerprint density at radius 3 is 1.38 bits per heavy atom. The second-order valence-corrected chi connectivity index (χ2v) is 8.79. The van der Waals surface area contributed by atoms with Crippen molar-refractivity contribution in [2.24, 2.45) is 0 Å². The van der Waals surface area contributed by atoms with Crippen LogP contribution in [0.25, 0.3) is 0 Å². The molecule has 0 heterocycles. The summed E-state index contributed by atoms with van der Waals surface area (Å²) in [4.78, 5) is 0. The molecule has 0 saturated heterocycles. The minimum absolute atomic E-state index is 0.193. The highest BCUT2D eigenvalue weighted by molar-refractivity contribution is 7.86. The third kappa shape index (κ3) is 18.3. The van der Waals surface area contributed by atoms with E-state index in [0.29, 0.717) is 6.61 Å². The Hall–Kier alpha value is -0.0900. The Balaban J connectivity index is 3.35. The molecule has 0 amide bonds. The average Bonchev–Trinajstić information content (AvgIpc) is 2.55. The van der Waals surface area contributed by atoms with Gasteiger partial charge in [0.15, 0.2) is 0 Å². The maximum Gasteiger partial charge on any atom is 0.267 e. The molecule has 0 atom stereocenters. The molecule has 0 spiro atoms. The first-order valence-electron chi connectivity index (χ1n) is 10.5. The van der Waals surface area contributed by atoms with Gasteiger partial charge in [-0.15, -0.1) is 0 Å². The van der Waals surface area contributed by atoms with E-state index in [2.05, 4.69) is 13.8 Å². The largest absolute Gasteiger partial charge is 0.270 e. The van der Waals surface area contributed by atoms with Crippen molar-refractivity contribution < 1.29 is 12.6 Å². The number of hydrogen-bond donors (Lipinski definition) is 0. The van der Waals surface area contributed by atoms with E-state index in [1.54, 1.807) is 0 Å². The lowest BCUT2D eigenvalue weighted by molar-refractivity contribution is 0.305. The number of hydrogen-bond acceptors (Lipinski definition) is 3. The van der Waals surface area contributed by atoms with E-state index in [0.717, 1.165) is 32.1 Å². The summed E-state index contributed by atoms with van der Waals surface area (Å²) in [6, 6.07) is 0. The minimum atomic E-state index is -3.29. The predicted octanol–water partition coefficient (Wildman–Crippen LogP) is 6.61. The van der Waals surface area contributed by atoms with Crippen LogP contribution in [0.15, 0.2) is 0 Å². The van der Waals surface area contributed by atoms with Crippen LogP contribution in [0.2, 0.25) is 0 Å². The predicted molar refractivity (Wildman–Crippen MR) is 105 cm³/mol. The quantitative estimate of drug-likeness (QED) is 0.192. The number of unbranched alkanes of at least 4 members (excludes halogenated alkanes) is 14. The first-order valence-corrected chi connectivity index (χ1v) is 12.1. The van der Waals surface area contributed by atoms with Crippen LogP contribution in [-0.4, -0.2) is 20.8 Å². The van der Waals surface area contributed by atoms with Crippen molar-refractivity contribution in [1.82, 2.24) is 0 Å². The van der Waals surface area contributed by atoms with Crippen molar-refractivity contribution in [1.29, 1.82) is 0 Å². The highest BCUT2D eigenvalue weighted by Crippen LogP contribution is 2.11. The summed E-state index contributed by atoms with van der Waals surface area (Å²) in [5, 5.41) is 0. The van der Waals surface area contributed by atoms with Gasteiger partial charge >= 0.3 is 0 Å². The van der Waals surface area contributed by atoms with E-state index >= 15 is 0 Å². The molecule has 0 fully saturated rings. The van der Waals surface area contributed by atoms with E-state index in [9.17, 15) is 8.42 Å². The van der Waals surface area contributed by atoms with Crippen LogP contribution in [0.1, 0.15) is 117 Å². The molecule has 0 N–H and O–H groups in total. The normalized spacial score (nSPS) is 11.9. The Bertz CT molecular complexity index is 339. The molecule has 0 aliphatic rings. The second kappa shape index (κ2) is 17.7.